The summed E-state index contributed by atoms with van der Waals surface area (Å²) < 4.78 is 10.7. The van der Waals surface area contributed by atoms with Gasteiger partial charge < -0.3 is 14.9 Å². The van der Waals surface area contributed by atoms with Crippen LogP contribution < -0.4 is 5.73 Å². The smallest absolute Gasteiger partial charge is 0.125 e. The Morgan fingerprint density at radius 3 is 2.69 bits per heavy atom. The van der Waals surface area contributed by atoms with E-state index in [1.54, 1.807) is 6.26 Å². The van der Waals surface area contributed by atoms with Crippen LogP contribution in [0.3, 0.4) is 0 Å². The molecule has 0 spiro atoms. The minimum atomic E-state index is -0.155. The van der Waals surface area contributed by atoms with Crippen molar-refractivity contribution in [1.29, 1.82) is 0 Å². The van der Waals surface area contributed by atoms with Gasteiger partial charge in [-0.15, -0.1) is 0 Å². The van der Waals surface area contributed by atoms with Gasteiger partial charge in [0.05, 0.1) is 25.0 Å². The summed E-state index contributed by atoms with van der Waals surface area (Å²) in [6.45, 7) is 6.46. The Bertz CT molecular complexity index is 255. The van der Waals surface area contributed by atoms with Crippen LogP contribution >= 0.6 is 0 Å². The van der Waals surface area contributed by atoms with Gasteiger partial charge in [-0.25, -0.2) is 0 Å². The molecule has 2 N–H and O–H groups in total. The van der Waals surface area contributed by atoms with Crippen LogP contribution in [0.5, 0.6) is 0 Å². The van der Waals surface area contributed by atoms with Crippen molar-refractivity contribution in [3.8, 4) is 0 Å². The van der Waals surface area contributed by atoms with E-state index in [9.17, 15) is 0 Å². The summed E-state index contributed by atoms with van der Waals surface area (Å²) in [7, 11) is 0. The molecule has 1 aromatic heterocycles. The highest BCUT2D eigenvalue weighted by Crippen LogP contribution is 2.16. The van der Waals surface area contributed by atoms with E-state index in [0.717, 1.165) is 11.3 Å². The fraction of sp³-hybridized carbons (Fsp3) is 0.600. The maximum Gasteiger partial charge on any atom is 0.125 e. The monoisotopic (exact) mass is 183 g/mol. The van der Waals surface area contributed by atoms with Crippen molar-refractivity contribution >= 4 is 0 Å². The number of hydrogen-bond donors (Lipinski definition) is 1. The van der Waals surface area contributed by atoms with Crippen LogP contribution in [0.25, 0.3) is 0 Å². The number of rotatable bonds is 4. The average Bonchev–Trinajstić information content (AvgIpc) is 2.47. The van der Waals surface area contributed by atoms with Gasteiger partial charge >= 0.3 is 0 Å². The maximum atomic E-state index is 5.87. The molecule has 1 unspecified atom stereocenters. The summed E-state index contributed by atoms with van der Waals surface area (Å²) in [6.07, 6.45) is 1.86. The zero-order valence-electron chi connectivity index (χ0n) is 8.41. The lowest BCUT2D eigenvalue weighted by Crippen LogP contribution is -2.19. The molecule has 0 radical (unpaired) electrons. The van der Waals surface area contributed by atoms with E-state index in [1.807, 2.05) is 26.8 Å². The Morgan fingerprint density at radius 1 is 1.54 bits per heavy atom. The predicted octanol–water partition coefficient (Wildman–Crippen LogP) is 2.01. The Hall–Kier alpha value is -0.800. The third kappa shape index (κ3) is 2.86. The number of aryl methyl sites for hydroxylation is 1. The van der Waals surface area contributed by atoms with Crippen LogP contribution in [0.2, 0.25) is 0 Å². The zero-order chi connectivity index (χ0) is 9.84. The van der Waals surface area contributed by atoms with Crippen molar-refractivity contribution in [3.63, 3.8) is 0 Å². The highest BCUT2D eigenvalue weighted by atomic mass is 16.5. The molecule has 1 heterocycles. The molecule has 0 saturated heterocycles. The number of nitrogens with two attached hydrogens (primary N) is 1. The summed E-state index contributed by atoms with van der Waals surface area (Å²) in [5.74, 6) is 0.820. The second kappa shape index (κ2) is 4.44. The van der Waals surface area contributed by atoms with E-state index in [0.29, 0.717) is 6.61 Å². The summed E-state index contributed by atoms with van der Waals surface area (Å²) in [4.78, 5) is 0. The first-order chi connectivity index (χ1) is 6.11. The van der Waals surface area contributed by atoms with Crippen LogP contribution in [-0.2, 0) is 4.74 Å². The first-order valence-electron chi connectivity index (χ1n) is 4.52. The number of hydrogen-bond acceptors (Lipinski definition) is 3. The van der Waals surface area contributed by atoms with Gasteiger partial charge in [-0.2, -0.15) is 0 Å². The molecule has 0 bridgehead atoms. The highest BCUT2D eigenvalue weighted by Gasteiger charge is 2.12. The van der Waals surface area contributed by atoms with Gasteiger partial charge in [-0.3, -0.25) is 0 Å². The van der Waals surface area contributed by atoms with E-state index >= 15 is 0 Å². The van der Waals surface area contributed by atoms with Gasteiger partial charge in [-0.1, -0.05) is 0 Å². The second-order valence-electron chi connectivity index (χ2n) is 3.46. The van der Waals surface area contributed by atoms with Crippen LogP contribution in [0.15, 0.2) is 16.7 Å². The summed E-state index contributed by atoms with van der Waals surface area (Å²) in [6, 6.07) is 1.75. The molecule has 1 rings (SSSR count). The molecular formula is C10H17NO2. The first-order valence-corrected chi connectivity index (χ1v) is 4.52. The van der Waals surface area contributed by atoms with Crippen molar-refractivity contribution in [2.45, 2.75) is 32.9 Å². The molecule has 0 saturated carbocycles. The largest absolute Gasteiger partial charge is 0.467 e. The lowest BCUT2D eigenvalue weighted by Gasteiger charge is -2.12. The minimum Gasteiger partial charge on any atom is -0.467 e. The lowest BCUT2D eigenvalue weighted by molar-refractivity contribution is 0.0645. The number of furan rings is 1. The van der Waals surface area contributed by atoms with E-state index in [2.05, 4.69) is 0 Å². The van der Waals surface area contributed by atoms with Crippen molar-refractivity contribution in [3.05, 3.63) is 23.7 Å². The Balaban J connectivity index is 2.49. The fourth-order valence-electron chi connectivity index (χ4n) is 1.14. The highest BCUT2D eigenvalue weighted by molar-refractivity contribution is 5.17. The molecule has 0 aromatic carbocycles. The molecule has 1 aromatic rings. The Labute approximate surface area is 78.9 Å². The average molecular weight is 183 g/mol. The SMILES string of the molecule is Cc1ccoc1C(N)COC(C)C. The van der Waals surface area contributed by atoms with Crippen LogP contribution in [0, 0.1) is 6.92 Å². The maximum absolute atomic E-state index is 5.87. The van der Waals surface area contributed by atoms with Crippen LogP contribution in [0.1, 0.15) is 31.2 Å². The summed E-state index contributed by atoms with van der Waals surface area (Å²) in [5.41, 5.74) is 6.95. The Kier molecular flexibility index (Phi) is 3.51. The molecule has 0 aliphatic heterocycles. The molecular weight excluding hydrogens is 166 g/mol. The molecule has 3 heteroatoms. The molecule has 0 aliphatic rings. The van der Waals surface area contributed by atoms with Gasteiger partial charge in [0.1, 0.15) is 5.76 Å². The quantitative estimate of drug-likeness (QED) is 0.776. The summed E-state index contributed by atoms with van der Waals surface area (Å²) in [5, 5.41) is 0. The standard InChI is InChI=1S/C10H17NO2/c1-7(2)13-6-9(11)10-8(3)4-5-12-10/h4-5,7,9H,6,11H2,1-3H3. The van der Waals surface area contributed by atoms with Crippen molar-refractivity contribution in [2.24, 2.45) is 5.73 Å². The van der Waals surface area contributed by atoms with Crippen molar-refractivity contribution in [2.75, 3.05) is 6.61 Å². The topological polar surface area (TPSA) is 48.4 Å². The van der Waals surface area contributed by atoms with Gasteiger partial charge in [0, 0.05) is 0 Å². The number of ether oxygens (including phenoxy) is 1. The fourth-order valence-corrected chi connectivity index (χ4v) is 1.14. The van der Waals surface area contributed by atoms with Gasteiger partial charge in [-0.05, 0) is 32.4 Å². The van der Waals surface area contributed by atoms with Crippen molar-refractivity contribution in [1.82, 2.24) is 0 Å². The third-order valence-electron chi connectivity index (χ3n) is 1.85. The van der Waals surface area contributed by atoms with E-state index in [1.165, 1.54) is 0 Å². The van der Waals surface area contributed by atoms with E-state index < -0.39 is 0 Å². The molecule has 1 atom stereocenters. The van der Waals surface area contributed by atoms with Crippen molar-refractivity contribution < 1.29 is 9.15 Å². The van der Waals surface area contributed by atoms with Gasteiger partial charge in [0.2, 0.25) is 0 Å². The first kappa shape index (κ1) is 10.3. The molecule has 74 valence electrons. The predicted molar refractivity (Wildman–Crippen MR) is 51.5 cm³/mol. The Morgan fingerprint density at radius 2 is 2.23 bits per heavy atom. The van der Waals surface area contributed by atoms with E-state index in [4.69, 9.17) is 14.9 Å². The minimum absolute atomic E-state index is 0.155. The molecule has 3 nitrogen and oxygen atoms in total. The third-order valence-corrected chi connectivity index (χ3v) is 1.85. The summed E-state index contributed by atoms with van der Waals surface area (Å²) >= 11 is 0. The molecule has 0 fully saturated rings. The molecule has 13 heavy (non-hydrogen) atoms. The normalized spacial score (nSPS) is 13.6. The molecule has 0 aliphatic carbocycles. The van der Waals surface area contributed by atoms with Gasteiger partial charge in [0.25, 0.3) is 0 Å². The van der Waals surface area contributed by atoms with Gasteiger partial charge in [0.15, 0.2) is 0 Å². The lowest BCUT2D eigenvalue weighted by atomic mass is 10.2. The van der Waals surface area contributed by atoms with Crippen LogP contribution in [-0.4, -0.2) is 12.7 Å². The second-order valence-corrected chi connectivity index (χ2v) is 3.46. The zero-order valence-corrected chi connectivity index (χ0v) is 8.41. The van der Waals surface area contributed by atoms with Crippen LogP contribution in [0.4, 0.5) is 0 Å². The van der Waals surface area contributed by atoms with E-state index in [-0.39, 0.29) is 12.1 Å². The molecule has 0 amide bonds.